The molecule has 2 aromatic heterocycles. The average molecular weight is 292 g/mol. The van der Waals surface area contributed by atoms with E-state index in [2.05, 4.69) is 4.98 Å². The summed E-state index contributed by atoms with van der Waals surface area (Å²) in [7, 11) is 1.72. The van der Waals surface area contributed by atoms with Crippen molar-refractivity contribution in [2.75, 3.05) is 13.6 Å². The van der Waals surface area contributed by atoms with E-state index in [1.807, 2.05) is 0 Å². The zero-order valence-electron chi connectivity index (χ0n) is 12.5. The predicted octanol–water partition coefficient (Wildman–Crippen LogP) is 2.01. The molecule has 0 radical (unpaired) electrons. The van der Waals surface area contributed by atoms with Gasteiger partial charge in [0.15, 0.2) is 5.76 Å². The van der Waals surface area contributed by atoms with Crippen molar-refractivity contribution in [2.24, 2.45) is 0 Å². The molecule has 2 rings (SSSR count). The van der Waals surface area contributed by atoms with E-state index in [0.717, 1.165) is 0 Å². The van der Waals surface area contributed by atoms with Crippen molar-refractivity contribution in [2.45, 2.75) is 32.8 Å². The van der Waals surface area contributed by atoms with Gasteiger partial charge in [-0.3, -0.25) is 4.79 Å². The van der Waals surface area contributed by atoms with Crippen LogP contribution in [0.2, 0.25) is 0 Å². The van der Waals surface area contributed by atoms with Crippen LogP contribution < -0.4 is 0 Å². The molecule has 0 saturated carbocycles. The van der Waals surface area contributed by atoms with Crippen LogP contribution in [0, 0.1) is 6.92 Å². The largest absolute Gasteiger partial charge is 0.459 e. The summed E-state index contributed by atoms with van der Waals surface area (Å²) in [5, 5.41) is 9.25. The normalized spacial score (nSPS) is 12.4. The van der Waals surface area contributed by atoms with Crippen molar-refractivity contribution < 1.29 is 18.7 Å². The van der Waals surface area contributed by atoms with Crippen LogP contribution in [0.15, 0.2) is 27.2 Å². The zero-order valence-corrected chi connectivity index (χ0v) is 12.5. The molecule has 114 valence electrons. The van der Waals surface area contributed by atoms with Gasteiger partial charge in [-0.15, -0.1) is 0 Å². The number of amides is 1. The van der Waals surface area contributed by atoms with Crippen LogP contribution in [0.25, 0.3) is 11.7 Å². The minimum Gasteiger partial charge on any atom is -0.459 e. The van der Waals surface area contributed by atoms with Gasteiger partial charge in [0.2, 0.25) is 5.91 Å². The van der Waals surface area contributed by atoms with Gasteiger partial charge in [-0.05, 0) is 32.4 Å². The number of nitrogens with zero attached hydrogens (tertiary/aromatic N) is 2. The molecule has 0 bridgehead atoms. The van der Waals surface area contributed by atoms with Crippen LogP contribution in [0.4, 0.5) is 0 Å². The Hall–Kier alpha value is -2.08. The highest BCUT2D eigenvalue weighted by atomic mass is 16.4. The fourth-order valence-corrected chi connectivity index (χ4v) is 1.88. The highest BCUT2D eigenvalue weighted by Gasteiger charge is 2.18. The number of hydrogen-bond acceptors (Lipinski definition) is 5. The molecule has 0 spiro atoms. The van der Waals surface area contributed by atoms with Gasteiger partial charge in [0.25, 0.3) is 5.89 Å². The van der Waals surface area contributed by atoms with Gasteiger partial charge >= 0.3 is 0 Å². The van der Waals surface area contributed by atoms with Crippen molar-refractivity contribution in [3.05, 3.63) is 29.9 Å². The molecule has 0 aliphatic carbocycles. The summed E-state index contributed by atoms with van der Waals surface area (Å²) in [5.41, 5.74) is 0.607. The smallest absolute Gasteiger partial charge is 0.263 e. The number of furan rings is 1. The van der Waals surface area contributed by atoms with Crippen molar-refractivity contribution in [3.8, 4) is 11.7 Å². The molecule has 6 heteroatoms. The van der Waals surface area contributed by atoms with Crippen LogP contribution in [-0.2, 0) is 11.2 Å². The number of aryl methyl sites for hydroxylation is 1. The van der Waals surface area contributed by atoms with E-state index in [4.69, 9.17) is 8.83 Å². The summed E-state index contributed by atoms with van der Waals surface area (Å²) < 4.78 is 10.7. The fourth-order valence-electron chi connectivity index (χ4n) is 1.88. The van der Waals surface area contributed by atoms with Crippen LogP contribution in [0.5, 0.6) is 0 Å². The summed E-state index contributed by atoms with van der Waals surface area (Å²) in [4.78, 5) is 18.0. The number of carbonyl (C=O) groups excluding carboxylic acids is 1. The molecule has 6 nitrogen and oxygen atoms in total. The molecule has 1 unspecified atom stereocenters. The Morgan fingerprint density at radius 3 is 2.90 bits per heavy atom. The molecule has 1 atom stereocenters. The average Bonchev–Trinajstić information content (AvgIpc) is 3.06. The Balaban J connectivity index is 2.01. The Labute approximate surface area is 123 Å². The van der Waals surface area contributed by atoms with Gasteiger partial charge < -0.3 is 18.8 Å². The monoisotopic (exact) mass is 292 g/mol. The minimum atomic E-state index is -0.417. The van der Waals surface area contributed by atoms with Crippen molar-refractivity contribution in [1.82, 2.24) is 9.88 Å². The molecule has 2 heterocycles. The number of likely N-dealkylation sites (N-methyl/N-ethyl adjacent to an activating group) is 1. The van der Waals surface area contributed by atoms with E-state index in [1.54, 1.807) is 44.2 Å². The minimum absolute atomic E-state index is 0.0574. The molecule has 0 aliphatic rings. The molecular weight excluding hydrogens is 272 g/mol. The zero-order chi connectivity index (χ0) is 15.4. The third-order valence-electron chi connectivity index (χ3n) is 3.25. The topological polar surface area (TPSA) is 79.7 Å². The lowest BCUT2D eigenvalue weighted by Gasteiger charge is -2.17. The van der Waals surface area contributed by atoms with Crippen molar-refractivity contribution >= 4 is 5.91 Å². The van der Waals surface area contributed by atoms with E-state index in [9.17, 15) is 9.90 Å². The number of rotatable bonds is 6. The first-order chi connectivity index (χ1) is 9.97. The summed E-state index contributed by atoms with van der Waals surface area (Å²) in [6.07, 6.45) is 1.85. The Kier molecular flexibility index (Phi) is 4.80. The molecule has 0 aromatic carbocycles. The molecule has 21 heavy (non-hydrogen) atoms. The number of oxazole rings is 1. The van der Waals surface area contributed by atoms with Gasteiger partial charge in [-0.1, -0.05) is 0 Å². The first-order valence-corrected chi connectivity index (χ1v) is 6.89. The third-order valence-corrected chi connectivity index (χ3v) is 3.25. The predicted molar refractivity (Wildman–Crippen MR) is 76.6 cm³/mol. The van der Waals surface area contributed by atoms with Gasteiger partial charge in [-0.25, -0.2) is 4.98 Å². The van der Waals surface area contributed by atoms with E-state index in [-0.39, 0.29) is 12.3 Å². The summed E-state index contributed by atoms with van der Waals surface area (Å²) >= 11 is 0. The van der Waals surface area contributed by atoms with Crippen LogP contribution in [0.3, 0.4) is 0 Å². The maximum absolute atomic E-state index is 12.1. The second-order valence-corrected chi connectivity index (χ2v) is 5.13. The second-order valence-electron chi connectivity index (χ2n) is 5.13. The molecule has 1 amide bonds. The Morgan fingerprint density at radius 1 is 1.52 bits per heavy atom. The maximum atomic E-state index is 12.1. The Bertz CT molecular complexity index is 587. The van der Waals surface area contributed by atoms with Crippen molar-refractivity contribution in [3.63, 3.8) is 0 Å². The third kappa shape index (κ3) is 3.95. The number of aliphatic hydroxyl groups is 1. The molecule has 0 fully saturated rings. The lowest BCUT2D eigenvalue weighted by atomic mass is 10.2. The molecule has 0 aliphatic heterocycles. The number of aliphatic hydroxyl groups excluding tert-OH is 1. The van der Waals surface area contributed by atoms with E-state index >= 15 is 0 Å². The van der Waals surface area contributed by atoms with E-state index in [0.29, 0.717) is 36.1 Å². The van der Waals surface area contributed by atoms with E-state index in [1.165, 1.54) is 0 Å². The quantitative estimate of drug-likeness (QED) is 0.881. The molecular formula is C15H20N2O4. The van der Waals surface area contributed by atoms with Gasteiger partial charge in [0, 0.05) is 13.6 Å². The van der Waals surface area contributed by atoms with Crippen LogP contribution in [0.1, 0.15) is 24.8 Å². The van der Waals surface area contributed by atoms with Crippen LogP contribution >= 0.6 is 0 Å². The molecule has 1 N–H and O–H groups in total. The van der Waals surface area contributed by atoms with Crippen molar-refractivity contribution in [1.29, 1.82) is 0 Å². The molecule has 0 saturated heterocycles. The fraction of sp³-hybridized carbons (Fsp3) is 0.467. The number of aromatic nitrogens is 1. The summed E-state index contributed by atoms with van der Waals surface area (Å²) in [6, 6.07) is 3.51. The summed E-state index contributed by atoms with van der Waals surface area (Å²) in [6.45, 7) is 3.99. The van der Waals surface area contributed by atoms with Gasteiger partial charge in [0.05, 0.1) is 24.5 Å². The number of hydrogen-bond donors (Lipinski definition) is 1. The lowest BCUT2D eigenvalue weighted by Crippen LogP contribution is -2.30. The van der Waals surface area contributed by atoms with Gasteiger partial charge in [0.1, 0.15) is 5.76 Å². The highest BCUT2D eigenvalue weighted by Crippen LogP contribution is 2.22. The first kappa shape index (κ1) is 15.3. The maximum Gasteiger partial charge on any atom is 0.263 e. The van der Waals surface area contributed by atoms with Gasteiger partial charge in [-0.2, -0.15) is 0 Å². The highest BCUT2D eigenvalue weighted by molar-refractivity contribution is 5.78. The first-order valence-electron chi connectivity index (χ1n) is 6.89. The standard InChI is InChI=1S/C15H20N2O4/c1-10(18)6-7-17(3)14(19)9-12-11(2)21-15(16-12)13-5-4-8-20-13/h4-5,8,10,18H,6-7,9H2,1-3H3. The van der Waals surface area contributed by atoms with Crippen LogP contribution in [-0.4, -0.2) is 40.6 Å². The molecule has 2 aromatic rings. The number of carbonyl (C=O) groups is 1. The van der Waals surface area contributed by atoms with E-state index < -0.39 is 6.10 Å². The lowest BCUT2D eigenvalue weighted by molar-refractivity contribution is -0.129. The Morgan fingerprint density at radius 2 is 2.29 bits per heavy atom. The second kappa shape index (κ2) is 6.58. The summed E-state index contributed by atoms with van der Waals surface area (Å²) in [5.74, 6) is 1.47. The SMILES string of the molecule is Cc1oc(-c2ccco2)nc1CC(=O)N(C)CCC(C)O.